The first-order valence-electron chi connectivity index (χ1n) is 10.1. The second-order valence-electron chi connectivity index (χ2n) is 7.70. The van der Waals surface area contributed by atoms with E-state index < -0.39 is 15.1 Å². The number of nitrogens with zero attached hydrogens (tertiary/aromatic N) is 3. The van der Waals surface area contributed by atoms with Crippen LogP contribution in [0.25, 0.3) is 10.2 Å². The first kappa shape index (κ1) is 22.1. The second kappa shape index (κ2) is 8.80. The molecule has 0 spiro atoms. The average molecular weight is 476 g/mol. The Morgan fingerprint density at radius 1 is 1.06 bits per heavy atom. The summed E-state index contributed by atoms with van der Waals surface area (Å²) in [6.45, 7) is 5.97. The van der Waals surface area contributed by atoms with Crippen LogP contribution in [-0.4, -0.2) is 61.9 Å². The van der Waals surface area contributed by atoms with E-state index in [2.05, 4.69) is 29.4 Å². The second-order valence-corrected chi connectivity index (χ2v) is 12.1. The summed E-state index contributed by atoms with van der Waals surface area (Å²) in [4.78, 5) is 23.2. The molecule has 0 N–H and O–H groups in total. The van der Waals surface area contributed by atoms with Gasteiger partial charge in [-0.2, -0.15) is 0 Å². The molecule has 2 heterocycles. The number of carbonyl (C=O) groups is 1. The lowest BCUT2D eigenvalue weighted by atomic mass is 10.2. The standard InChI is InChI=1S/C22H25N3O3S3/c1-15(2)31(27,28)17-9-7-16(8-10-17)21(26)24-11-13-25(14-12-24)22-23-20-18(29-3)5-4-6-19(20)30-22/h4-10,15H,11-14H2,1-3H3. The van der Waals surface area contributed by atoms with Crippen molar-refractivity contribution in [3.05, 3.63) is 48.0 Å². The predicted molar refractivity (Wildman–Crippen MR) is 128 cm³/mol. The van der Waals surface area contributed by atoms with Crippen molar-refractivity contribution in [2.24, 2.45) is 0 Å². The molecule has 1 fully saturated rings. The zero-order valence-corrected chi connectivity index (χ0v) is 20.2. The van der Waals surface area contributed by atoms with Gasteiger partial charge in [0.15, 0.2) is 15.0 Å². The Kier molecular flexibility index (Phi) is 6.27. The number of fused-ring (bicyclic) bond motifs is 1. The third-order valence-electron chi connectivity index (χ3n) is 5.48. The molecule has 164 valence electrons. The first-order valence-corrected chi connectivity index (χ1v) is 13.7. The smallest absolute Gasteiger partial charge is 0.253 e. The molecule has 3 aromatic rings. The minimum Gasteiger partial charge on any atom is -0.345 e. The summed E-state index contributed by atoms with van der Waals surface area (Å²) in [7, 11) is -3.34. The molecule has 0 atom stereocenters. The molecule has 1 aliphatic heterocycles. The van der Waals surface area contributed by atoms with Gasteiger partial charge in [-0.05, 0) is 56.5 Å². The van der Waals surface area contributed by atoms with Crippen LogP contribution in [0.15, 0.2) is 52.3 Å². The van der Waals surface area contributed by atoms with Gasteiger partial charge in [-0.15, -0.1) is 11.8 Å². The van der Waals surface area contributed by atoms with Crippen molar-refractivity contribution < 1.29 is 13.2 Å². The Bertz CT molecular complexity index is 1200. The van der Waals surface area contributed by atoms with Crippen LogP contribution < -0.4 is 4.90 Å². The summed E-state index contributed by atoms with van der Waals surface area (Å²) in [5, 5.41) is 0.503. The molecule has 4 rings (SSSR count). The van der Waals surface area contributed by atoms with Gasteiger partial charge < -0.3 is 9.80 Å². The Balaban J connectivity index is 1.43. The minimum atomic E-state index is -3.34. The maximum absolute atomic E-state index is 12.9. The van der Waals surface area contributed by atoms with Gasteiger partial charge in [-0.1, -0.05) is 17.4 Å². The number of hydrogen-bond donors (Lipinski definition) is 0. The number of benzene rings is 2. The summed E-state index contributed by atoms with van der Waals surface area (Å²) in [5.74, 6) is -0.0675. The predicted octanol–water partition coefficient (Wildman–Crippen LogP) is 4.16. The number of aromatic nitrogens is 1. The van der Waals surface area contributed by atoms with Gasteiger partial charge in [-0.3, -0.25) is 4.79 Å². The van der Waals surface area contributed by atoms with E-state index in [1.54, 1.807) is 49.1 Å². The van der Waals surface area contributed by atoms with Crippen molar-refractivity contribution in [3.8, 4) is 0 Å². The zero-order chi connectivity index (χ0) is 22.2. The number of thiazole rings is 1. The van der Waals surface area contributed by atoms with Crippen LogP contribution in [0.3, 0.4) is 0 Å². The van der Waals surface area contributed by atoms with Crippen LogP contribution in [0.2, 0.25) is 0 Å². The Morgan fingerprint density at radius 2 is 1.74 bits per heavy atom. The van der Waals surface area contributed by atoms with E-state index in [-0.39, 0.29) is 10.8 Å². The van der Waals surface area contributed by atoms with Crippen molar-refractivity contribution in [2.75, 3.05) is 37.3 Å². The maximum atomic E-state index is 12.9. The highest BCUT2D eigenvalue weighted by Gasteiger charge is 2.25. The number of sulfone groups is 1. The van der Waals surface area contributed by atoms with Crippen molar-refractivity contribution in [3.63, 3.8) is 0 Å². The molecule has 1 aliphatic rings. The number of piperazine rings is 1. The number of rotatable bonds is 5. The third-order valence-corrected chi connectivity index (χ3v) is 9.50. The highest BCUT2D eigenvalue weighted by atomic mass is 32.2. The van der Waals surface area contributed by atoms with E-state index in [4.69, 9.17) is 4.98 Å². The number of thioether (sulfide) groups is 1. The number of para-hydroxylation sites is 1. The highest BCUT2D eigenvalue weighted by molar-refractivity contribution is 7.98. The van der Waals surface area contributed by atoms with Gasteiger partial charge in [0.1, 0.15) is 0 Å². The SMILES string of the molecule is CSc1cccc2sc(N3CCN(C(=O)c4ccc(S(=O)(=O)C(C)C)cc4)CC3)nc12. The van der Waals surface area contributed by atoms with Gasteiger partial charge in [0, 0.05) is 36.6 Å². The number of amides is 1. The molecule has 0 aliphatic carbocycles. The quantitative estimate of drug-likeness (QED) is 0.516. The summed E-state index contributed by atoms with van der Waals surface area (Å²) < 4.78 is 25.7. The minimum absolute atomic E-state index is 0.0675. The molecule has 1 aromatic heterocycles. The van der Waals surface area contributed by atoms with Crippen LogP contribution in [0.5, 0.6) is 0 Å². The summed E-state index contributed by atoms with van der Waals surface area (Å²) in [5.41, 5.74) is 1.56. The van der Waals surface area contributed by atoms with E-state index in [0.29, 0.717) is 18.7 Å². The van der Waals surface area contributed by atoms with Crippen LogP contribution >= 0.6 is 23.1 Å². The molecule has 2 aromatic carbocycles. The van der Waals surface area contributed by atoms with Crippen molar-refractivity contribution >= 4 is 54.2 Å². The molecule has 0 saturated carbocycles. The number of carbonyl (C=O) groups excluding carboxylic acids is 1. The van der Waals surface area contributed by atoms with E-state index in [1.165, 1.54) is 21.7 Å². The fourth-order valence-electron chi connectivity index (χ4n) is 3.55. The molecule has 6 nitrogen and oxygen atoms in total. The monoisotopic (exact) mass is 475 g/mol. The van der Waals surface area contributed by atoms with Crippen LogP contribution in [0, 0.1) is 0 Å². The van der Waals surface area contributed by atoms with Crippen molar-refractivity contribution in [1.82, 2.24) is 9.88 Å². The van der Waals surface area contributed by atoms with E-state index in [9.17, 15) is 13.2 Å². The molecule has 1 amide bonds. The average Bonchev–Trinajstić information content (AvgIpc) is 3.23. The molecule has 0 bridgehead atoms. The number of anilines is 1. The van der Waals surface area contributed by atoms with E-state index in [0.717, 1.165) is 23.7 Å². The lowest BCUT2D eigenvalue weighted by Crippen LogP contribution is -2.48. The lowest BCUT2D eigenvalue weighted by Gasteiger charge is -2.34. The Hall–Kier alpha value is -2.10. The highest BCUT2D eigenvalue weighted by Crippen LogP contribution is 2.34. The molecule has 9 heteroatoms. The molecular formula is C22H25N3O3S3. The third kappa shape index (κ3) is 4.31. The lowest BCUT2D eigenvalue weighted by molar-refractivity contribution is 0.0746. The normalized spacial score (nSPS) is 15.1. The molecule has 1 saturated heterocycles. The topological polar surface area (TPSA) is 70.6 Å². The largest absolute Gasteiger partial charge is 0.345 e. The van der Waals surface area contributed by atoms with E-state index >= 15 is 0 Å². The van der Waals surface area contributed by atoms with Crippen LogP contribution in [-0.2, 0) is 9.84 Å². The molecular weight excluding hydrogens is 450 g/mol. The van der Waals surface area contributed by atoms with E-state index in [1.807, 2.05) is 4.90 Å². The van der Waals surface area contributed by atoms with Gasteiger partial charge in [0.2, 0.25) is 0 Å². The molecule has 31 heavy (non-hydrogen) atoms. The van der Waals surface area contributed by atoms with Crippen LogP contribution in [0.1, 0.15) is 24.2 Å². The first-order chi connectivity index (χ1) is 14.8. The summed E-state index contributed by atoms with van der Waals surface area (Å²) >= 11 is 3.39. The van der Waals surface area contributed by atoms with Gasteiger partial charge in [0.25, 0.3) is 5.91 Å². The van der Waals surface area contributed by atoms with Crippen molar-refractivity contribution in [2.45, 2.75) is 28.9 Å². The summed E-state index contributed by atoms with van der Waals surface area (Å²) in [6.07, 6.45) is 2.06. The van der Waals surface area contributed by atoms with Crippen LogP contribution in [0.4, 0.5) is 5.13 Å². The van der Waals surface area contributed by atoms with Gasteiger partial charge in [-0.25, -0.2) is 13.4 Å². The maximum Gasteiger partial charge on any atom is 0.253 e. The van der Waals surface area contributed by atoms with Gasteiger partial charge >= 0.3 is 0 Å². The zero-order valence-electron chi connectivity index (χ0n) is 17.7. The fraction of sp³-hybridized carbons (Fsp3) is 0.364. The molecule has 0 unspecified atom stereocenters. The number of hydrogen-bond acceptors (Lipinski definition) is 7. The molecule has 0 radical (unpaired) electrons. The van der Waals surface area contributed by atoms with Crippen molar-refractivity contribution in [1.29, 1.82) is 0 Å². The fourth-order valence-corrected chi connectivity index (χ4v) is 6.29. The van der Waals surface area contributed by atoms with Gasteiger partial charge in [0.05, 0.1) is 20.4 Å². The Labute approximate surface area is 191 Å². The summed E-state index contributed by atoms with van der Waals surface area (Å²) in [6, 6.07) is 12.5. The Morgan fingerprint density at radius 3 is 2.35 bits per heavy atom.